The number of hydrogen-bond donors (Lipinski definition) is 1. The number of aromatic nitrogens is 1. The van der Waals surface area contributed by atoms with Gasteiger partial charge in [-0.05, 0) is 37.6 Å². The lowest BCUT2D eigenvalue weighted by atomic mass is 10.00. The second-order valence-corrected chi connectivity index (χ2v) is 4.98. The third kappa shape index (κ3) is 1.75. The van der Waals surface area contributed by atoms with E-state index in [9.17, 15) is 0 Å². The molecule has 0 saturated carbocycles. The molecule has 0 spiro atoms. The molecule has 17 heavy (non-hydrogen) atoms. The smallest absolute Gasteiger partial charge is 0.169 e. The van der Waals surface area contributed by atoms with Crippen LogP contribution < -0.4 is 10.5 Å². The molecule has 0 bridgehead atoms. The van der Waals surface area contributed by atoms with Gasteiger partial charge in [-0.1, -0.05) is 5.16 Å². The summed E-state index contributed by atoms with van der Waals surface area (Å²) in [6.07, 6.45) is 0.903. The molecule has 0 amide bonds. The minimum atomic E-state index is -0.124. The van der Waals surface area contributed by atoms with Gasteiger partial charge < -0.3 is 15.0 Å². The van der Waals surface area contributed by atoms with E-state index in [4.69, 9.17) is 15.0 Å². The van der Waals surface area contributed by atoms with E-state index in [1.165, 1.54) is 5.56 Å². The highest BCUT2D eigenvalue weighted by Crippen LogP contribution is 2.37. The van der Waals surface area contributed by atoms with Gasteiger partial charge in [-0.2, -0.15) is 0 Å². The molecule has 4 nitrogen and oxygen atoms in total. The van der Waals surface area contributed by atoms with Crippen LogP contribution in [0.25, 0.3) is 11.3 Å². The average Bonchev–Trinajstić information content (AvgIpc) is 2.78. The normalized spacial score (nSPS) is 16.6. The van der Waals surface area contributed by atoms with Gasteiger partial charge in [0.25, 0.3) is 0 Å². The summed E-state index contributed by atoms with van der Waals surface area (Å²) in [4.78, 5) is 0. The molecule has 0 unspecified atom stereocenters. The fourth-order valence-corrected chi connectivity index (χ4v) is 2.19. The Morgan fingerprint density at radius 2 is 2.12 bits per heavy atom. The largest absolute Gasteiger partial charge is 0.487 e. The predicted molar refractivity (Wildman–Crippen MR) is 64.8 cm³/mol. The van der Waals surface area contributed by atoms with Crippen LogP contribution in [0.2, 0.25) is 0 Å². The Hall–Kier alpha value is -1.97. The Kier molecular flexibility index (Phi) is 1.96. The zero-order chi connectivity index (χ0) is 12.0. The summed E-state index contributed by atoms with van der Waals surface area (Å²) in [6, 6.07) is 7.73. The van der Waals surface area contributed by atoms with Gasteiger partial charge in [-0.25, -0.2) is 0 Å². The highest BCUT2D eigenvalue weighted by atomic mass is 16.5. The SMILES string of the molecule is CC1(C)Cc2cc(-c3cc(N)no3)ccc2O1. The lowest BCUT2D eigenvalue weighted by Gasteiger charge is -2.16. The summed E-state index contributed by atoms with van der Waals surface area (Å²) in [7, 11) is 0. The van der Waals surface area contributed by atoms with Crippen LogP contribution in [0.1, 0.15) is 19.4 Å². The first-order valence-electron chi connectivity index (χ1n) is 5.58. The predicted octanol–water partition coefficient (Wildman–Crippen LogP) is 2.64. The van der Waals surface area contributed by atoms with Crippen molar-refractivity contribution >= 4 is 5.82 Å². The summed E-state index contributed by atoms with van der Waals surface area (Å²) >= 11 is 0. The monoisotopic (exact) mass is 230 g/mol. The van der Waals surface area contributed by atoms with Crippen molar-refractivity contribution in [2.45, 2.75) is 25.9 Å². The van der Waals surface area contributed by atoms with Crippen molar-refractivity contribution in [2.75, 3.05) is 5.73 Å². The quantitative estimate of drug-likeness (QED) is 0.818. The molecule has 0 radical (unpaired) electrons. The van der Waals surface area contributed by atoms with Crippen LogP contribution >= 0.6 is 0 Å². The number of nitrogen functional groups attached to an aromatic ring is 1. The molecule has 0 aliphatic carbocycles. The molecule has 0 atom stereocenters. The lowest BCUT2D eigenvalue weighted by Crippen LogP contribution is -2.24. The molecule has 2 N–H and O–H groups in total. The number of anilines is 1. The summed E-state index contributed by atoms with van der Waals surface area (Å²) in [6.45, 7) is 4.16. The van der Waals surface area contributed by atoms with E-state index in [2.05, 4.69) is 25.1 Å². The van der Waals surface area contributed by atoms with Gasteiger partial charge in [0.05, 0.1) is 0 Å². The first-order chi connectivity index (χ1) is 8.03. The molecule has 1 aliphatic heterocycles. The van der Waals surface area contributed by atoms with Crippen LogP contribution in [0.3, 0.4) is 0 Å². The Balaban J connectivity index is 2.01. The molecule has 4 heteroatoms. The van der Waals surface area contributed by atoms with Gasteiger partial charge >= 0.3 is 0 Å². The first kappa shape index (κ1) is 10.2. The standard InChI is InChI=1S/C13H14N2O2/c1-13(2)7-9-5-8(3-4-10(9)16-13)11-6-12(14)15-17-11/h3-6H,7H2,1-2H3,(H2,14,15). The van der Waals surface area contributed by atoms with Crippen LogP contribution in [-0.4, -0.2) is 10.8 Å². The molecule has 88 valence electrons. The number of hydrogen-bond acceptors (Lipinski definition) is 4. The number of fused-ring (bicyclic) bond motifs is 1. The highest BCUT2D eigenvalue weighted by molar-refractivity contribution is 5.63. The Morgan fingerprint density at radius 3 is 2.82 bits per heavy atom. The van der Waals surface area contributed by atoms with Crippen molar-refractivity contribution < 1.29 is 9.26 Å². The van der Waals surface area contributed by atoms with Gasteiger partial charge in [0.1, 0.15) is 11.4 Å². The Morgan fingerprint density at radius 1 is 1.29 bits per heavy atom. The summed E-state index contributed by atoms with van der Waals surface area (Å²) in [5.74, 6) is 2.04. The fourth-order valence-electron chi connectivity index (χ4n) is 2.19. The van der Waals surface area contributed by atoms with Gasteiger partial charge in [0.2, 0.25) is 0 Å². The number of nitrogens with two attached hydrogens (primary N) is 1. The molecule has 0 saturated heterocycles. The molecule has 3 rings (SSSR count). The van der Waals surface area contributed by atoms with E-state index < -0.39 is 0 Å². The van der Waals surface area contributed by atoms with Crippen molar-refractivity contribution in [2.24, 2.45) is 0 Å². The number of benzene rings is 1. The third-order valence-corrected chi connectivity index (χ3v) is 2.88. The highest BCUT2D eigenvalue weighted by Gasteiger charge is 2.30. The maximum Gasteiger partial charge on any atom is 0.169 e. The number of rotatable bonds is 1. The summed E-state index contributed by atoms with van der Waals surface area (Å²) in [5.41, 5.74) is 7.60. The molecular weight excluding hydrogens is 216 g/mol. The van der Waals surface area contributed by atoms with Crippen LogP contribution in [0.5, 0.6) is 5.75 Å². The second kappa shape index (κ2) is 3.26. The summed E-state index contributed by atoms with van der Waals surface area (Å²) in [5, 5.41) is 3.69. The molecule has 2 aromatic rings. The van der Waals surface area contributed by atoms with Crippen molar-refractivity contribution in [3.8, 4) is 17.1 Å². The minimum absolute atomic E-state index is 0.124. The van der Waals surface area contributed by atoms with E-state index in [1.54, 1.807) is 6.07 Å². The van der Waals surface area contributed by atoms with Crippen molar-refractivity contribution in [3.63, 3.8) is 0 Å². The lowest BCUT2D eigenvalue weighted by molar-refractivity contribution is 0.138. The summed E-state index contributed by atoms with van der Waals surface area (Å²) < 4.78 is 11.0. The third-order valence-electron chi connectivity index (χ3n) is 2.88. The zero-order valence-electron chi connectivity index (χ0n) is 9.86. The number of nitrogens with zero attached hydrogens (tertiary/aromatic N) is 1. The van der Waals surface area contributed by atoms with Gasteiger partial charge in [0.15, 0.2) is 11.6 Å². The maximum atomic E-state index is 5.82. The molecule has 1 aliphatic rings. The zero-order valence-corrected chi connectivity index (χ0v) is 9.86. The molecular formula is C13H14N2O2. The van der Waals surface area contributed by atoms with E-state index >= 15 is 0 Å². The van der Waals surface area contributed by atoms with E-state index in [0.717, 1.165) is 17.7 Å². The molecule has 0 fully saturated rings. The first-order valence-corrected chi connectivity index (χ1v) is 5.58. The van der Waals surface area contributed by atoms with Crippen LogP contribution in [0.4, 0.5) is 5.82 Å². The second-order valence-electron chi connectivity index (χ2n) is 4.98. The Bertz CT molecular complexity index is 573. The average molecular weight is 230 g/mol. The van der Waals surface area contributed by atoms with Gasteiger partial charge in [-0.3, -0.25) is 0 Å². The van der Waals surface area contributed by atoms with Crippen LogP contribution in [0.15, 0.2) is 28.8 Å². The van der Waals surface area contributed by atoms with Crippen LogP contribution in [-0.2, 0) is 6.42 Å². The fraction of sp³-hybridized carbons (Fsp3) is 0.308. The van der Waals surface area contributed by atoms with E-state index in [-0.39, 0.29) is 5.60 Å². The maximum absolute atomic E-state index is 5.82. The molecule has 1 aromatic carbocycles. The minimum Gasteiger partial charge on any atom is -0.487 e. The number of ether oxygens (including phenoxy) is 1. The van der Waals surface area contributed by atoms with Crippen molar-refractivity contribution in [1.82, 2.24) is 5.16 Å². The topological polar surface area (TPSA) is 61.3 Å². The Labute approximate surface area is 99.4 Å². The van der Waals surface area contributed by atoms with Gasteiger partial charge in [0, 0.05) is 18.1 Å². The van der Waals surface area contributed by atoms with Gasteiger partial charge in [-0.15, -0.1) is 0 Å². The van der Waals surface area contributed by atoms with Crippen molar-refractivity contribution in [3.05, 3.63) is 29.8 Å². The van der Waals surface area contributed by atoms with Crippen LogP contribution in [0, 0.1) is 0 Å². The molecule has 2 heterocycles. The van der Waals surface area contributed by atoms with E-state index in [1.807, 2.05) is 12.1 Å². The van der Waals surface area contributed by atoms with E-state index in [0.29, 0.717) is 11.6 Å². The molecule has 1 aromatic heterocycles. The van der Waals surface area contributed by atoms with Crippen molar-refractivity contribution in [1.29, 1.82) is 0 Å².